The molecule has 0 bridgehead atoms. The summed E-state index contributed by atoms with van der Waals surface area (Å²) in [5, 5.41) is 0. The van der Waals surface area contributed by atoms with E-state index < -0.39 is 6.16 Å². The van der Waals surface area contributed by atoms with Gasteiger partial charge in [0.1, 0.15) is 13.2 Å². The van der Waals surface area contributed by atoms with Crippen LogP contribution in [0.3, 0.4) is 0 Å². The number of rotatable bonds is 40. The van der Waals surface area contributed by atoms with Crippen LogP contribution in [0.2, 0.25) is 0 Å². The Morgan fingerprint density at radius 3 is 0.722 bits per heavy atom. The molecular formula is C39H62O15. The van der Waals surface area contributed by atoms with Gasteiger partial charge in [-0.15, -0.1) is 0 Å². The standard InChI is InChI=1S/C39H62O15/c40-39(53-33-31-49-25-23-45-17-15-41-11-13-43-19-21-47-27-29-51-35-37-7-3-1-4-8-37)54-34-32-50-26-24-46-18-16-42-12-14-44-20-22-48-28-30-52-36-38-9-5-2-6-10-38/h1-10H,11-36H2. The predicted octanol–water partition coefficient (Wildman–Crippen LogP) is 3.74. The third kappa shape index (κ3) is 32.6. The topological polar surface area (TPSA) is 146 Å². The Labute approximate surface area is 320 Å². The van der Waals surface area contributed by atoms with Crippen LogP contribution >= 0.6 is 0 Å². The van der Waals surface area contributed by atoms with Gasteiger partial charge in [-0.1, -0.05) is 60.7 Å². The minimum absolute atomic E-state index is 0.0814. The molecule has 2 aromatic rings. The van der Waals surface area contributed by atoms with Crippen molar-refractivity contribution in [2.45, 2.75) is 13.2 Å². The molecule has 0 atom stereocenters. The smallest absolute Gasteiger partial charge is 0.432 e. The van der Waals surface area contributed by atoms with Crippen LogP contribution in [0, 0.1) is 0 Å². The number of benzene rings is 2. The molecule has 308 valence electrons. The molecule has 0 spiro atoms. The second-order valence-corrected chi connectivity index (χ2v) is 11.1. The van der Waals surface area contributed by atoms with E-state index in [0.717, 1.165) is 11.1 Å². The van der Waals surface area contributed by atoms with E-state index in [4.69, 9.17) is 66.3 Å². The van der Waals surface area contributed by atoms with Crippen LogP contribution in [-0.2, 0) is 79.5 Å². The summed E-state index contributed by atoms with van der Waals surface area (Å²) in [6.45, 7) is 11.3. The molecule has 54 heavy (non-hydrogen) atoms. The van der Waals surface area contributed by atoms with Gasteiger partial charge in [0.15, 0.2) is 0 Å². The largest absolute Gasteiger partial charge is 0.508 e. The van der Waals surface area contributed by atoms with E-state index in [-0.39, 0.29) is 26.4 Å². The number of hydrogen-bond acceptors (Lipinski definition) is 15. The molecule has 2 rings (SSSR count). The van der Waals surface area contributed by atoms with Gasteiger partial charge >= 0.3 is 6.16 Å². The zero-order valence-corrected chi connectivity index (χ0v) is 31.8. The monoisotopic (exact) mass is 770 g/mol. The molecule has 0 aliphatic carbocycles. The van der Waals surface area contributed by atoms with Crippen molar-refractivity contribution in [3.8, 4) is 0 Å². The fourth-order valence-electron chi connectivity index (χ4n) is 4.14. The Balaban J connectivity index is 1.15. The van der Waals surface area contributed by atoms with Gasteiger partial charge in [0.2, 0.25) is 0 Å². The first kappa shape index (κ1) is 47.4. The van der Waals surface area contributed by atoms with Crippen molar-refractivity contribution in [1.29, 1.82) is 0 Å². The van der Waals surface area contributed by atoms with Crippen molar-refractivity contribution in [2.24, 2.45) is 0 Å². The van der Waals surface area contributed by atoms with E-state index >= 15 is 0 Å². The summed E-state index contributed by atoms with van der Waals surface area (Å²) in [6.07, 6.45) is -0.773. The normalized spacial score (nSPS) is 11.3. The van der Waals surface area contributed by atoms with E-state index in [1.54, 1.807) is 0 Å². The van der Waals surface area contributed by atoms with Gasteiger partial charge in [0, 0.05) is 0 Å². The van der Waals surface area contributed by atoms with Crippen molar-refractivity contribution in [3.63, 3.8) is 0 Å². The lowest BCUT2D eigenvalue weighted by Gasteiger charge is -2.09. The number of carbonyl (C=O) groups is 1. The van der Waals surface area contributed by atoms with Crippen molar-refractivity contribution < 1.29 is 71.1 Å². The molecule has 0 aromatic heterocycles. The van der Waals surface area contributed by atoms with Gasteiger partial charge in [0.25, 0.3) is 0 Å². The Hall–Kier alpha value is -2.77. The Morgan fingerprint density at radius 1 is 0.278 bits per heavy atom. The van der Waals surface area contributed by atoms with Crippen LogP contribution in [0.5, 0.6) is 0 Å². The minimum atomic E-state index is -0.773. The molecule has 0 fully saturated rings. The summed E-state index contributed by atoms with van der Waals surface area (Å²) < 4.78 is 75.5. The molecule has 0 saturated heterocycles. The maximum atomic E-state index is 11.6. The van der Waals surface area contributed by atoms with Crippen LogP contribution < -0.4 is 0 Å². The zero-order chi connectivity index (χ0) is 38.1. The first-order valence-corrected chi connectivity index (χ1v) is 18.6. The second kappa shape index (κ2) is 38.5. The van der Waals surface area contributed by atoms with E-state index in [1.165, 1.54) is 0 Å². The first-order valence-electron chi connectivity index (χ1n) is 18.6. The maximum Gasteiger partial charge on any atom is 0.508 e. The molecule has 0 aliphatic heterocycles. The number of ether oxygens (including phenoxy) is 14. The lowest BCUT2D eigenvalue weighted by atomic mass is 10.2. The number of hydrogen-bond donors (Lipinski definition) is 0. The maximum absolute atomic E-state index is 11.6. The van der Waals surface area contributed by atoms with Crippen LogP contribution in [0.4, 0.5) is 4.79 Å². The lowest BCUT2D eigenvalue weighted by Crippen LogP contribution is -2.17. The van der Waals surface area contributed by atoms with Crippen LogP contribution in [0.1, 0.15) is 11.1 Å². The molecule has 0 N–H and O–H groups in total. The van der Waals surface area contributed by atoms with Gasteiger partial charge < -0.3 is 66.3 Å². The molecule has 15 nitrogen and oxygen atoms in total. The highest BCUT2D eigenvalue weighted by Crippen LogP contribution is 2.01. The van der Waals surface area contributed by atoms with Gasteiger partial charge in [-0.3, -0.25) is 0 Å². The highest BCUT2D eigenvalue weighted by Gasteiger charge is 2.04. The summed E-state index contributed by atoms with van der Waals surface area (Å²) in [6, 6.07) is 20.1. The van der Waals surface area contributed by atoms with E-state index in [1.807, 2.05) is 60.7 Å². The molecule has 15 heteroatoms. The average Bonchev–Trinajstić information content (AvgIpc) is 3.20. The van der Waals surface area contributed by atoms with Gasteiger partial charge in [-0.25, -0.2) is 4.79 Å². The average molecular weight is 771 g/mol. The highest BCUT2D eigenvalue weighted by molar-refractivity contribution is 5.59. The van der Waals surface area contributed by atoms with Crippen molar-refractivity contribution in [1.82, 2.24) is 0 Å². The van der Waals surface area contributed by atoms with Crippen molar-refractivity contribution >= 4 is 6.16 Å². The lowest BCUT2D eigenvalue weighted by molar-refractivity contribution is -0.0252. The zero-order valence-electron chi connectivity index (χ0n) is 31.8. The van der Waals surface area contributed by atoms with Gasteiger partial charge in [-0.2, -0.15) is 0 Å². The van der Waals surface area contributed by atoms with E-state index in [2.05, 4.69) is 0 Å². The Morgan fingerprint density at radius 2 is 0.481 bits per heavy atom. The predicted molar refractivity (Wildman–Crippen MR) is 198 cm³/mol. The van der Waals surface area contributed by atoms with Crippen LogP contribution in [0.25, 0.3) is 0 Å². The van der Waals surface area contributed by atoms with Crippen molar-refractivity contribution in [2.75, 3.05) is 159 Å². The summed E-state index contributed by atoms with van der Waals surface area (Å²) in [4.78, 5) is 11.6. The fraction of sp³-hybridized carbons (Fsp3) is 0.667. The molecule has 0 amide bonds. The van der Waals surface area contributed by atoms with E-state index in [9.17, 15) is 4.79 Å². The summed E-state index contributed by atoms with van der Waals surface area (Å²) >= 11 is 0. The Kier molecular flexibility index (Phi) is 33.8. The van der Waals surface area contributed by atoms with Crippen LogP contribution in [0.15, 0.2) is 60.7 Å². The summed E-state index contributed by atoms with van der Waals surface area (Å²) in [7, 11) is 0. The van der Waals surface area contributed by atoms with Crippen molar-refractivity contribution in [3.05, 3.63) is 71.8 Å². The fourth-order valence-corrected chi connectivity index (χ4v) is 4.14. The second-order valence-electron chi connectivity index (χ2n) is 11.1. The molecule has 0 unspecified atom stereocenters. The third-order valence-electron chi connectivity index (χ3n) is 6.84. The Bertz CT molecular complexity index is 969. The van der Waals surface area contributed by atoms with E-state index in [0.29, 0.717) is 145 Å². The molecule has 2 aromatic carbocycles. The van der Waals surface area contributed by atoms with Gasteiger partial charge in [-0.05, 0) is 11.1 Å². The highest BCUT2D eigenvalue weighted by atomic mass is 16.7. The first-order chi connectivity index (χ1) is 26.8. The molecule has 0 radical (unpaired) electrons. The SMILES string of the molecule is O=C(OCCOCCOCCOCCOCCOCCOCc1ccccc1)OCCOCCOCCOCCOCCOCCOCc1ccccc1. The number of carbonyl (C=O) groups excluding carboxylic acids is 1. The minimum Gasteiger partial charge on any atom is -0.432 e. The molecule has 0 aliphatic rings. The summed E-state index contributed by atoms with van der Waals surface area (Å²) in [5.74, 6) is 0. The quantitative estimate of drug-likeness (QED) is 0.0716. The third-order valence-corrected chi connectivity index (χ3v) is 6.84. The molecular weight excluding hydrogens is 708 g/mol. The van der Waals surface area contributed by atoms with Gasteiger partial charge in [0.05, 0.1) is 159 Å². The molecule has 0 heterocycles. The van der Waals surface area contributed by atoms with Crippen LogP contribution in [-0.4, -0.2) is 165 Å². The molecule has 0 saturated carbocycles. The summed E-state index contributed by atoms with van der Waals surface area (Å²) in [5.41, 5.74) is 2.29.